The van der Waals surface area contributed by atoms with Crippen LogP contribution in [0.5, 0.6) is 0 Å². The number of aryl methyl sites for hydroxylation is 3. The van der Waals surface area contributed by atoms with E-state index in [1.54, 1.807) is 6.07 Å². The molecule has 1 aromatic heterocycles. The molecule has 1 aromatic rings. The summed E-state index contributed by atoms with van der Waals surface area (Å²) >= 11 is 0. The van der Waals surface area contributed by atoms with E-state index in [2.05, 4.69) is 4.98 Å². The van der Waals surface area contributed by atoms with E-state index in [0.29, 0.717) is 17.7 Å². The predicted octanol–water partition coefficient (Wildman–Crippen LogP) is 2.21. The van der Waals surface area contributed by atoms with E-state index in [-0.39, 0.29) is 0 Å². The first-order chi connectivity index (χ1) is 6.60. The molecule has 76 valence electrons. The van der Waals surface area contributed by atoms with Crippen molar-refractivity contribution in [2.24, 2.45) is 0 Å². The van der Waals surface area contributed by atoms with Gasteiger partial charge in [-0.3, -0.25) is 4.98 Å². The van der Waals surface area contributed by atoms with E-state index >= 15 is 0 Å². The van der Waals surface area contributed by atoms with Crippen LogP contribution in [0.25, 0.3) is 0 Å². The van der Waals surface area contributed by atoms with Gasteiger partial charge in [0.15, 0.2) is 0 Å². The molecule has 0 aliphatic heterocycles. The number of hydrogen-bond acceptors (Lipinski definition) is 2. The van der Waals surface area contributed by atoms with Crippen LogP contribution in [0.3, 0.4) is 0 Å². The molecule has 3 heteroatoms. The molecule has 0 fully saturated rings. The minimum Gasteiger partial charge on any atom is -0.478 e. The maximum atomic E-state index is 10.9. The Bertz CT molecular complexity index is 359. The molecular weight excluding hydrogens is 178 g/mol. The van der Waals surface area contributed by atoms with Gasteiger partial charge in [0.25, 0.3) is 0 Å². The van der Waals surface area contributed by atoms with Crippen molar-refractivity contribution in [1.82, 2.24) is 4.98 Å². The van der Waals surface area contributed by atoms with Gasteiger partial charge in [-0.25, -0.2) is 4.79 Å². The second-order valence-electron chi connectivity index (χ2n) is 3.26. The quantitative estimate of drug-likeness (QED) is 0.800. The maximum absolute atomic E-state index is 10.9. The Kier molecular flexibility index (Phi) is 3.23. The van der Waals surface area contributed by atoms with Gasteiger partial charge in [0.2, 0.25) is 0 Å². The number of aromatic nitrogens is 1. The number of aromatic carboxylic acids is 1. The molecule has 3 nitrogen and oxygen atoms in total. The average molecular weight is 193 g/mol. The fourth-order valence-corrected chi connectivity index (χ4v) is 1.51. The van der Waals surface area contributed by atoms with E-state index in [1.807, 2.05) is 20.8 Å². The van der Waals surface area contributed by atoms with Crippen molar-refractivity contribution in [2.75, 3.05) is 0 Å². The van der Waals surface area contributed by atoms with Gasteiger partial charge in [-0.05, 0) is 31.4 Å². The second-order valence-corrected chi connectivity index (χ2v) is 3.26. The van der Waals surface area contributed by atoms with Crippen molar-refractivity contribution in [3.8, 4) is 0 Å². The average Bonchev–Trinajstić information content (AvgIpc) is 2.17. The Balaban J connectivity index is 3.31. The van der Waals surface area contributed by atoms with Crippen LogP contribution in [-0.4, -0.2) is 16.1 Å². The van der Waals surface area contributed by atoms with Crippen LogP contribution in [0.2, 0.25) is 0 Å². The van der Waals surface area contributed by atoms with Crippen molar-refractivity contribution < 1.29 is 9.90 Å². The maximum Gasteiger partial charge on any atom is 0.337 e. The lowest BCUT2D eigenvalue weighted by Crippen LogP contribution is -2.07. The Hall–Kier alpha value is -1.38. The van der Waals surface area contributed by atoms with Gasteiger partial charge >= 0.3 is 5.97 Å². The molecule has 0 amide bonds. The van der Waals surface area contributed by atoms with Gasteiger partial charge < -0.3 is 5.11 Å². The molecule has 0 aliphatic rings. The molecule has 0 saturated carbocycles. The molecule has 0 saturated heterocycles. The number of carboxylic acid groups (broad SMARTS) is 1. The number of rotatable bonds is 3. The summed E-state index contributed by atoms with van der Waals surface area (Å²) in [5, 5.41) is 8.94. The zero-order chi connectivity index (χ0) is 10.7. The largest absolute Gasteiger partial charge is 0.478 e. The van der Waals surface area contributed by atoms with E-state index in [9.17, 15) is 4.79 Å². The Morgan fingerprint density at radius 1 is 1.36 bits per heavy atom. The van der Waals surface area contributed by atoms with Crippen molar-refractivity contribution in [3.63, 3.8) is 0 Å². The van der Waals surface area contributed by atoms with Gasteiger partial charge in [0.1, 0.15) is 0 Å². The minimum atomic E-state index is -0.889. The summed E-state index contributed by atoms with van der Waals surface area (Å²) in [6, 6.07) is 1.72. The van der Waals surface area contributed by atoms with Crippen molar-refractivity contribution >= 4 is 5.97 Å². The Morgan fingerprint density at radius 2 is 1.93 bits per heavy atom. The lowest BCUT2D eigenvalue weighted by atomic mass is 10.1. The van der Waals surface area contributed by atoms with Crippen LogP contribution in [0, 0.1) is 6.92 Å². The number of hydrogen-bond donors (Lipinski definition) is 1. The highest BCUT2D eigenvalue weighted by Gasteiger charge is 2.12. The summed E-state index contributed by atoms with van der Waals surface area (Å²) in [7, 11) is 0. The highest BCUT2D eigenvalue weighted by molar-refractivity contribution is 5.89. The van der Waals surface area contributed by atoms with Gasteiger partial charge in [-0.15, -0.1) is 0 Å². The first kappa shape index (κ1) is 10.7. The molecule has 0 aliphatic carbocycles. The lowest BCUT2D eigenvalue weighted by Gasteiger charge is -2.08. The molecule has 0 atom stereocenters. The first-order valence-electron chi connectivity index (χ1n) is 4.82. The van der Waals surface area contributed by atoms with Crippen molar-refractivity contribution in [1.29, 1.82) is 0 Å². The zero-order valence-corrected chi connectivity index (χ0v) is 8.79. The number of carboxylic acids is 1. The SMILES string of the molecule is CCc1nc(CC)c(C(=O)O)cc1C. The normalized spacial score (nSPS) is 10.2. The molecule has 0 bridgehead atoms. The predicted molar refractivity (Wildman–Crippen MR) is 54.7 cm³/mol. The molecule has 1 rings (SSSR count). The third kappa shape index (κ3) is 1.92. The third-order valence-electron chi connectivity index (χ3n) is 2.30. The lowest BCUT2D eigenvalue weighted by molar-refractivity contribution is 0.0695. The van der Waals surface area contributed by atoms with Crippen LogP contribution < -0.4 is 0 Å². The third-order valence-corrected chi connectivity index (χ3v) is 2.30. The Morgan fingerprint density at radius 3 is 2.36 bits per heavy atom. The summed E-state index contributed by atoms with van der Waals surface area (Å²) < 4.78 is 0. The first-order valence-corrected chi connectivity index (χ1v) is 4.82. The number of nitrogens with zero attached hydrogens (tertiary/aromatic N) is 1. The molecule has 0 radical (unpaired) electrons. The molecule has 1 heterocycles. The smallest absolute Gasteiger partial charge is 0.337 e. The van der Waals surface area contributed by atoms with Gasteiger partial charge in [-0.1, -0.05) is 13.8 Å². The summed E-state index contributed by atoms with van der Waals surface area (Å²) in [5.41, 5.74) is 2.97. The van der Waals surface area contributed by atoms with E-state index in [1.165, 1.54) is 0 Å². The summed E-state index contributed by atoms with van der Waals surface area (Å²) in [4.78, 5) is 15.2. The van der Waals surface area contributed by atoms with E-state index < -0.39 is 5.97 Å². The van der Waals surface area contributed by atoms with Gasteiger partial charge in [0.05, 0.1) is 11.3 Å². The molecule has 14 heavy (non-hydrogen) atoms. The van der Waals surface area contributed by atoms with E-state index in [0.717, 1.165) is 17.7 Å². The molecule has 0 spiro atoms. The summed E-state index contributed by atoms with van der Waals surface area (Å²) in [6.45, 7) is 5.84. The fraction of sp³-hybridized carbons (Fsp3) is 0.455. The molecule has 0 unspecified atom stereocenters. The summed E-state index contributed by atoms with van der Waals surface area (Å²) in [5.74, 6) is -0.889. The van der Waals surface area contributed by atoms with Crippen LogP contribution in [-0.2, 0) is 12.8 Å². The van der Waals surface area contributed by atoms with Crippen LogP contribution >= 0.6 is 0 Å². The standard InChI is InChI=1S/C11H15NO2/c1-4-9-7(3)6-8(11(13)14)10(5-2)12-9/h6H,4-5H2,1-3H3,(H,13,14). The van der Waals surface area contributed by atoms with Crippen molar-refractivity contribution in [2.45, 2.75) is 33.6 Å². The highest BCUT2D eigenvalue weighted by atomic mass is 16.4. The van der Waals surface area contributed by atoms with Crippen LogP contribution in [0.15, 0.2) is 6.07 Å². The highest BCUT2D eigenvalue weighted by Crippen LogP contribution is 2.14. The Labute approximate surface area is 83.8 Å². The van der Waals surface area contributed by atoms with Gasteiger partial charge in [0, 0.05) is 5.69 Å². The number of carbonyl (C=O) groups is 1. The minimum absolute atomic E-state index is 0.335. The zero-order valence-electron chi connectivity index (χ0n) is 8.79. The van der Waals surface area contributed by atoms with Crippen molar-refractivity contribution in [3.05, 3.63) is 28.6 Å². The van der Waals surface area contributed by atoms with Crippen LogP contribution in [0.1, 0.15) is 41.2 Å². The van der Waals surface area contributed by atoms with E-state index in [4.69, 9.17) is 5.11 Å². The second kappa shape index (κ2) is 4.22. The fourth-order valence-electron chi connectivity index (χ4n) is 1.51. The van der Waals surface area contributed by atoms with Crippen LogP contribution in [0.4, 0.5) is 0 Å². The molecular formula is C11H15NO2. The molecule has 0 aromatic carbocycles. The summed E-state index contributed by atoms with van der Waals surface area (Å²) in [6.07, 6.45) is 1.51. The van der Waals surface area contributed by atoms with Gasteiger partial charge in [-0.2, -0.15) is 0 Å². The molecule has 1 N–H and O–H groups in total. The number of pyridine rings is 1. The topological polar surface area (TPSA) is 50.2 Å². The monoisotopic (exact) mass is 193 g/mol.